The zero-order valence-electron chi connectivity index (χ0n) is 7.78. The molecule has 2 rings (SSSR count). The van der Waals surface area contributed by atoms with Gasteiger partial charge in [-0.25, -0.2) is 4.39 Å². The van der Waals surface area contributed by atoms with Crippen LogP contribution in [-0.2, 0) is 5.54 Å². The summed E-state index contributed by atoms with van der Waals surface area (Å²) in [5.74, 6) is -0.206. The summed E-state index contributed by atoms with van der Waals surface area (Å²) >= 11 is 0. The molecule has 0 radical (unpaired) electrons. The van der Waals surface area contributed by atoms with Gasteiger partial charge in [-0.15, -0.1) is 0 Å². The van der Waals surface area contributed by atoms with Crippen LogP contribution in [0, 0.1) is 0 Å². The summed E-state index contributed by atoms with van der Waals surface area (Å²) < 4.78 is 12.8. The average molecular weight is 189 g/mol. The van der Waals surface area contributed by atoms with E-state index in [1.54, 1.807) is 6.08 Å². The molecule has 1 atom stereocenters. The third-order valence-corrected chi connectivity index (χ3v) is 2.49. The first-order valence-corrected chi connectivity index (χ1v) is 4.60. The molecule has 0 spiro atoms. The van der Waals surface area contributed by atoms with Crippen molar-refractivity contribution in [1.82, 2.24) is 0 Å². The van der Waals surface area contributed by atoms with Gasteiger partial charge in [0.1, 0.15) is 5.83 Å². The lowest BCUT2D eigenvalue weighted by Crippen LogP contribution is -2.34. The van der Waals surface area contributed by atoms with E-state index in [0.29, 0.717) is 6.42 Å². The molecule has 1 nitrogen and oxygen atoms in total. The first-order chi connectivity index (χ1) is 6.71. The molecule has 0 aliphatic heterocycles. The Bertz CT molecular complexity index is 381. The second kappa shape index (κ2) is 3.39. The lowest BCUT2D eigenvalue weighted by Gasteiger charge is -2.27. The third kappa shape index (κ3) is 1.61. The summed E-state index contributed by atoms with van der Waals surface area (Å²) in [6.45, 7) is 0. The van der Waals surface area contributed by atoms with E-state index < -0.39 is 5.54 Å². The molecule has 1 aliphatic rings. The van der Waals surface area contributed by atoms with Gasteiger partial charge in [-0.1, -0.05) is 36.4 Å². The van der Waals surface area contributed by atoms with E-state index in [0.717, 1.165) is 5.56 Å². The minimum Gasteiger partial charge on any atom is -0.318 e. The maximum atomic E-state index is 12.8. The Morgan fingerprint density at radius 2 is 1.93 bits per heavy atom. The molecular weight excluding hydrogens is 177 g/mol. The van der Waals surface area contributed by atoms with Crippen LogP contribution < -0.4 is 5.73 Å². The van der Waals surface area contributed by atoms with E-state index in [4.69, 9.17) is 5.73 Å². The van der Waals surface area contributed by atoms with E-state index in [1.165, 1.54) is 12.2 Å². The summed E-state index contributed by atoms with van der Waals surface area (Å²) in [5.41, 5.74) is 6.61. The number of benzene rings is 1. The molecule has 72 valence electrons. The Morgan fingerprint density at radius 3 is 2.50 bits per heavy atom. The van der Waals surface area contributed by atoms with E-state index in [1.807, 2.05) is 30.3 Å². The maximum absolute atomic E-state index is 12.8. The SMILES string of the molecule is N[C@@]1(c2ccccc2)C=CC(F)=CC1. The van der Waals surface area contributed by atoms with Crippen LogP contribution in [-0.4, -0.2) is 0 Å². The van der Waals surface area contributed by atoms with E-state index in [-0.39, 0.29) is 5.83 Å². The van der Waals surface area contributed by atoms with Gasteiger partial charge in [0, 0.05) is 0 Å². The second-order valence-electron chi connectivity index (χ2n) is 3.53. The van der Waals surface area contributed by atoms with Gasteiger partial charge >= 0.3 is 0 Å². The predicted molar refractivity (Wildman–Crippen MR) is 55.3 cm³/mol. The first-order valence-electron chi connectivity index (χ1n) is 4.60. The van der Waals surface area contributed by atoms with E-state index >= 15 is 0 Å². The largest absolute Gasteiger partial charge is 0.318 e. The monoisotopic (exact) mass is 189 g/mol. The predicted octanol–water partition coefficient (Wildman–Crippen LogP) is 2.65. The Balaban J connectivity index is 2.32. The fourth-order valence-electron chi connectivity index (χ4n) is 1.59. The van der Waals surface area contributed by atoms with Crippen LogP contribution in [0.25, 0.3) is 0 Å². The zero-order valence-corrected chi connectivity index (χ0v) is 7.78. The van der Waals surface area contributed by atoms with Crippen LogP contribution in [0.5, 0.6) is 0 Å². The second-order valence-corrected chi connectivity index (χ2v) is 3.53. The first kappa shape index (κ1) is 9.16. The van der Waals surface area contributed by atoms with Crippen molar-refractivity contribution >= 4 is 0 Å². The molecule has 0 fully saturated rings. The quantitative estimate of drug-likeness (QED) is 0.722. The lowest BCUT2D eigenvalue weighted by atomic mass is 9.85. The fourth-order valence-corrected chi connectivity index (χ4v) is 1.59. The minimum absolute atomic E-state index is 0.206. The van der Waals surface area contributed by atoms with E-state index in [9.17, 15) is 4.39 Å². The van der Waals surface area contributed by atoms with Crippen LogP contribution in [0.4, 0.5) is 4.39 Å². The Labute approximate surface area is 82.7 Å². The summed E-state index contributed by atoms with van der Waals surface area (Å²) in [6, 6.07) is 9.73. The highest BCUT2D eigenvalue weighted by molar-refractivity contribution is 5.35. The molecule has 2 N–H and O–H groups in total. The molecular formula is C12H12FN. The Morgan fingerprint density at radius 1 is 1.21 bits per heavy atom. The van der Waals surface area contributed by atoms with Gasteiger partial charge in [0.05, 0.1) is 5.54 Å². The van der Waals surface area contributed by atoms with Gasteiger partial charge in [-0.3, -0.25) is 0 Å². The van der Waals surface area contributed by atoms with Crippen LogP contribution in [0.3, 0.4) is 0 Å². The molecule has 1 aliphatic carbocycles. The molecule has 0 bridgehead atoms. The van der Waals surface area contributed by atoms with Crippen molar-refractivity contribution in [2.45, 2.75) is 12.0 Å². The molecule has 0 aromatic heterocycles. The highest BCUT2D eigenvalue weighted by Crippen LogP contribution is 2.28. The number of nitrogens with two attached hydrogens (primary N) is 1. The Hall–Kier alpha value is -1.41. The smallest absolute Gasteiger partial charge is 0.119 e. The van der Waals surface area contributed by atoms with Crippen molar-refractivity contribution in [3.63, 3.8) is 0 Å². The van der Waals surface area contributed by atoms with Gasteiger partial charge in [0.2, 0.25) is 0 Å². The molecule has 0 heterocycles. The maximum Gasteiger partial charge on any atom is 0.119 e. The number of rotatable bonds is 1. The van der Waals surface area contributed by atoms with E-state index in [2.05, 4.69) is 0 Å². The summed E-state index contributed by atoms with van der Waals surface area (Å²) in [6.07, 6.45) is 5.18. The number of allylic oxidation sites excluding steroid dienone is 2. The van der Waals surface area contributed by atoms with Crippen LogP contribution >= 0.6 is 0 Å². The molecule has 0 saturated heterocycles. The van der Waals surface area contributed by atoms with Crippen LogP contribution in [0.1, 0.15) is 12.0 Å². The zero-order chi connectivity index (χ0) is 10.0. The molecule has 2 heteroatoms. The van der Waals surface area contributed by atoms with Gasteiger partial charge in [-0.05, 0) is 24.1 Å². The number of hydrogen-bond acceptors (Lipinski definition) is 1. The molecule has 0 amide bonds. The highest BCUT2D eigenvalue weighted by Gasteiger charge is 2.25. The average Bonchev–Trinajstić information content (AvgIpc) is 2.24. The van der Waals surface area contributed by atoms with Gasteiger partial charge in [-0.2, -0.15) is 0 Å². The van der Waals surface area contributed by atoms with Crippen LogP contribution in [0.15, 0.2) is 54.4 Å². The van der Waals surface area contributed by atoms with Crippen molar-refractivity contribution in [2.24, 2.45) is 5.73 Å². The minimum atomic E-state index is -0.545. The molecule has 14 heavy (non-hydrogen) atoms. The standard InChI is InChI=1S/C12H12FN/c13-11-6-8-12(14,9-7-11)10-4-2-1-3-5-10/h1-8H,9,14H2/t12-/m0/s1. The number of halogens is 1. The molecule has 1 aromatic rings. The highest BCUT2D eigenvalue weighted by atomic mass is 19.1. The van der Waals surface area contributed by atoms with Crippen molar-refractivity contribution in [3.8, 4) is 0 Å². The van der Waals surface area contributed by atoms with Crippen molar-refractivity contribution in [1.29, 1.82) is 0 Å². The van der Waals surface area contributed by atoms with Crippen molar-refractivity contribution in [3.05, 3.63) is 60.0 Å². The topological polar surface area (TPSA) is 26.0 Å². The fraction of sp³-hybridized carbons (Fsp3) is 0.167. The van der Waals surface area contributed by atoms with Gasteiger partial charge in [0.25, 0.3) is 0 Å². The Kier molecular flexibility index (Phi) is 2.22. The molecule has 0 saturated carbocycles. The van der Waals surface area contributed by atoms with Crippen molar-refractivity contribution < 1.29 is 4.39 Å². The van der Waals surface area contributed by atoms with Gasteiger partial charge < -0.3 is 5.73 Å². The lowest BCUT2D eigenvalue weighted by molar-refractivity contribution is 0.538. The molecule has 0 unspecified atom stereocenters. The summed E-state index contributed by atoms with van der Waals surface area (Å²) in [7, 11) is 0. The van der Waals surface area contributed by atoms with Gasteiger partial charge in [0.15, 0.2) is 0 Å². The van der Waals surface area contributed by atoms with Crippen LogP contribution in [0.2, 0.25) is 0 Å². The number of hydrogen-bond donors (Lipinski definition) is 1. The summed E-state index contributed by atoms with van der Waals surface area (Å²) in [5, 5.41) is 0. The van der Waals surface area contributed by atoms with Crippen molar-refractivity contribution in [2.75, 3.05) is 0 Å². The third-order valence-electron chi connectivity index (χ3n) is 2.49. The summed E-state index contributed by atoms with van der Waals surface area (Å²) in [4.78, 5) is 0. The molecule has 1 aromatic carbocycles. The normalized spacial score (nSPS) is 26.0.